The summed E-state index contributed by atoms with van der Waals surface area (Å²) in [6.45, 7) is 3.84. The van der Waals surface area contributed by atoms with Crippen LogP contribution in [0.1, 0.15) is 20.3 Å². The maximum Gasteiger partial charge on any atom is 0.232 e. The molecule has 4 N–H and O–H groups in total. The lowest BCUT2D eigenvalue weighted by Gasteiger charge is -2.12. The highest BCUT2D eigenvalue weighted by atomic mass is 32.2. The van der Waals surface area contributed by atoms with E-state index in [0.717, 1.165) is 0 Å². The highest BCUT2D eigenvalue weighted by Gasteiger charge is 2.12. The van der Waals surface area contributed by atoms with Crippen molar-refractivity contribution in [2.24, 2.45) is 11.7 Å². The van der Waals surface area contributed by atoms with Crippen molar-refractivity contribution in [1.82, 2.24) is 0 Å². The summed E-state index contributed by atoms with van der Waals surface area (Å²) in [6, 6.07) is 6.52. The molecule has 0 aliphatic rings. The Labute approximate surface area is 119 Å². The first kappa shape index (κ1) is 16.5. The molecule has 0 saturated carbocycles. The first-order valence-electron chi connectivity index (χ1n) is 6.49. The van der Waals surface area contributed by atoms with Crippen molar-refractivity contribution in [3.8, 4) is 0 Å². The van der Waals surface area contributed by atoms with Crippen LogP contribution in [0.4, 0.5) is 11.4 Å². The summed E-state index contributed by atoms with van der Waals surface area (Å²) in [5.74, 6) is -0.238. The van der Waals surface area contributed by atoms with Crippen molar-refractivity contribution in [1.29, 1.82) is 0 Å². The van der Waals surface area contributed by atoms with Gasteiger partial charge in [-0.3, -0.25) is 9.52 Å². The van der Waals surface area contributed by atoms with E-state index in [0.29, 0.717) is 24.3 Å². The highest BCUT2D eigenvalue weighted by Crippen LogP contribution is 2.16. The van der Waals surface area contributed by atoms with Crippen molar-refractivity contribution in [3.05, 3.63) is 24.3 Å². The SMILES string of the molecule is CCS(=O)(=O)Nc1ccc(NC(=O)C(C)CCN)cc1. The van der Waals surface area contributed by atoms with E-state index >= 15 is 0 Å². The molecule has 0 spiro atoms. The van der Waals surface area contributed by atoms with Gasteiger partial charge in [0.25, 0.3) is 0 Å². The third kappa shape index (κ3) is 5.18. The second-order valence-electron chi connectivity index (χ2n) is 4.55. The quantitative estimate of drug-likeness (QED) is 0.707. The number of hydrogen-bond acceptors (Lipinski definition) is 4. The molecule has 1 rings (SSSR count). The number of rotatable bonds is 7. The monoisotopic (exact) mass is 299 g/mol. The van der Waals surface area contributed by atoms with Gasteiger partial charge in [-0.05, 0) is 44.2 Å². The lowest BCUT2D eigenvalue weighted by molar-refractivity contribution is -0.119. The Balaban J connectivity index is 2.65. The number of benzene rings is 1. The van der Waals surface area contributed by atoms with Crippen LogP contribution in [-0.4, -0.2) is 26.6 Å². The van der Waals surface area contributed by atoms with Gasteiger partial charge in [-0.25, -0.2) is 8.42 Å². The van der Waals surface area contributed by atoms with E-state index in [1.54, 1.807) is 31.2 Å². The number of anilines is 2. The molecule has 1 unspecified atom stereocenters. The van der Waals surface area contributed by atoms with Crippen LogP contribution >= 0.6 is 0 Å². The third-order valence-corrected chi connectivity index (χ3v) is 4.16. The molecule has 0 aliphatic carbocycles. The van der Waals surface area contributed by atoms with E-state index in [9.17, 15) is 13.2 Å². The number of nitrogens with two attached hydrogens (primary N) is 1. The Hall–Kier alpha value is -1.60. The van der Waals surface area contributed by atoms with Crippen LogP contribution in [0.3, 0.4) is 0 Å². The average Bonchev–Trinajstić information content (AvgIpc) is 2.41. The Kier molecular flexibility index (Phi) is 5.97. The van der Waals surface area contributed by atoms with Crippen LogP contribution in [0.5, 0.6) is 0 Å². The number of amides is 1. The van der Waals surface area contributed by atoms with Gasteiger partial charge in [0.1, 0.15) is 0 Å². The summed E-state index contributed by atoms with van der Waals surface area (Å²) < 4.78 is 25.2. The number of carbonyl (C=O) groups is 1. The molecule has 0 bridgehead atoms. The summed E-state index contributed by atoms with van der Waals surface area (Å²) in [7, 11) is -3.28. The summed E-state index contributed by atoms with van der Waals surface area (Å²) in [5.41, 5.74) is 6.50. The lowest BCUT2D eigenvalue weighted by Crippen LogP contribution is -2.22. The largest absolute Gasteiger partial charge is 0.330 e. The van der Waals surface area contributed by atoms with Gasteiger partial charge in [-0.2, -0.15) is 0 Å². The van der Waals surface area contributed by atoms with Crippen molar-refractivity contribution in [2.75, 3.05) is 22.3 Å². The maximum absolute atomic E-state index is 11.8. The molecule has 1 aromatic carbocycles. The molecular weight excluding hydrogens is 278 g/mol. The molecule has 0 saturated heterocycles. The van der Waals surface area contributed by atoms with Gasteiger partial charge in [0.2, 0.25) is 15.9 Å². The molecule has 112 valence electrons. The molecule has 1 amide bonds. The van der Waals surface area contributed by atoms with Crippen LogP contribution < -0.4 is 15.8 Å². The molecule has 20 heavy (non-hydrogen) atoms. The molecule has 0 heterocycles. The van der Waals surface area contributed by atoms with Gasteiger partial charge in [0.05, 0.1) is 5.75 Å². The van der Waals surface area contributed by atoms with E-state index in [2.05, 4.69) is 10.0 Å². The zero-order chi connectivity index (χ0) is 15.2. The minimum absolute atomic E-state index is 0.0160. The third-order valence-electron chi connectivity index (χ3n) is 2.85. The van der Waals surface area contributed by atoms with Gasteiger partial charge < -0.3 is 11.1 Å². The topological polar surface area (TPSA) is 101 Å². The summed E-state index contributed by atoms with van der Waals surface area (Å²) in [5, 5.41) is 2.76. The molecule has 0 radical (unpaired) electrons. The van der Waals surface area contributed by atoms with E-state index in [1.807, 2.05) is 6.92 Å². The maximum atomic E-state index is 11.8. The molecule has 1 atom stereocenters. The minimum Gasteiger partial charge on any atom is -0.330 e. The fourth-order valence-electron chi connectivity index (χ4n) is 1.52. The first-order valence-corrected chi connectivity index (χ1v) is 8.14. The number of carbonyl (C=O) groups excluding carboxylic acids is 1. The summed E-state index contributed by atoms with van der Waals surface area (Å²) >= 11 is 0. The highest BCUT2D eigenvalue weighted by molar-refractivity contribution is 7.92. The minimum atomic E-state index is -3.28. The van der Waals surface area contributed by atoms with Crippen molar-refractivity contribution < 1.29 is 13.2 Å². The Morgan fingerprint density at radius 1 is 1.25 bits per heavy atom. The van der Waals surface area contributed by atoms with E-state index < -0.39 is 10.0 Å². The summed E-state index contributed by atoms with van der Waals surface area (Å²) in [6.07, 6.45) is 0.625. The smallest absolute Gasteiger partial charge is 0.232 e. The second kappa shape index (κ2) is 7.25. The first-order chi connectivity index (χ1) is 9.38. The molecule has 6 nitrogen and oxygen atoms in total. The normalized spacial score (nSPS) is 12.8. The van der Waals surface area contributed by atoms with Gasteiger partial charge in [-0.15, -0.1) is 0 Å². The molecule has 7 heteroatoms. The van der Waals surface area contributed by atoms with Crippen LogP contribution in [0.25, 0.3) is 0 Å². The van der Waals surface area contributed by atoms with Gasteiger partial charge in [-0.1, -0.05) is 6.92 Å². The predicted molar refractivity (Wildman–Crippen MR) is 81.0 cm³/mol. The fraction of sp³-hybridized carbons (Fsp3) is 0.462. The summed E-state index contributed by atoms with van der Waals surface area (Å²) in [4.78, 5) is 11.8. The molecule has 0 aliphatic heterocycles. The van der Waals surface area contributed by atoms with Crippen molar-refractivity contribution in [3.63, 3.8) is 0 Å². The van der Waals surface area contributed by atoms with Crippen molar-refractivity contribution in [2.45, 2.75) is 20.3 Å². The number of hydrogen-bond donors (Lipinski definition) is 3. The van der Waals surface area contributed by atoms with E-state index in [-0.39, 0.29) is 17.6 Å². The Bertz CT molecular complexity index is 540. The number of sulfonamides is 1. The van der Waals surface area contributed by atoms with Crippen LogP contribution in [0, 0.1) is 5.92 Å². The van der Waals surface area contributed by atoms with Gasteiger partial charge in [0.15, 0.2) is 0 Å². The molecule has 0 aromatic heterocycles. The standard InChI is InChI=1S/C13H21N3O3S/c1-3-20(18,19)16-12-6-4-11(5-7-12)15-13(17)10(2)8-9-14/h4-7,10,16H,3,8-9,14H2,1-2H3,(H,15,17). The lowest BCUT2D eigenvalue weighted by atomic mass is 10.1. The van der Waals surface area contributed by atoms with Gasteiger partial charge >= 0.3 is 0 Å². The predicted octanol–water partition coefficient (Wildman–Crippen LogP) is 1.37. The number of nitrogens with one attached hydrogen (secondary N) is 2. The molecular formula is C13H21N3O3S. The van der Waals surface area contributed by atoms with E-state index in [4.69, 9.17) is 5.73 Å². The zero-order valence-electron chi connectivity index (χ0n) is 11.7. The molecule has 0 fully saturated rings. The Morgan fingerprint density at radius 3 is 2.30 bits per heavy atom. The zero-order valence-corrected chi connectivity index (χ0v) is 12.5. The van der Waals surface area contributed by atoms with Crippen LogP contribution in [-0.2, 0) is 14.8 Å². The second-order valence-corrected chi connectivity index (χ2v) is 6.56. The van der Waals surface area contributed by atoms with Crippen LogP contribution in [0.15, 0.2) is 24.3 Å². The van der Waals surface area contributed by atoms with Crippen LogP contribution in [0.2, 0.25) is 0 Å². The fourth-order valence-corrected chi connectivity index (χ4v) is 2.16. The van der Waals surface area contributed by atoms with Crippen molar-refractivity contribution >= 4 is 27.3 Å². The average molecular weight is 299 g/mol. The Morgan fingerprint density at radius 2 is 1.80 bits per heavy atom. The molecule has 1 aromatic rings. The van der Waals surface area contributed by atoms with E-state index in [1.165, 1.54) is 0 Å². The van der Waals surface area contributed by atoms with Gasteiger partial charge in [0, 0.05) is 17.3 Å².